The molecule has 0 saturated carbocycles. The normalized spacial score (nSPS) is 10.7. The molecule has 0 aliphatic carbocycles. The molecule has 1 aromatic heterocycles. The molecule has 134 valence electrons. The molecule has 1 amide bonds. The standard InChI is InChI=1S/C19H20N4O2S/c1-14-8-6-7-11-17(14)23-15(2)20-21-19(23)26-13-18(24)22-25-12-16-9-4-3-5-10-16/h3-11H,12-13H2,1-2H3,(H,22,24). The molecule has 2 aromatic carbocycles. The maximum Gasteiger partial charge on any atom is 0.254 e. The molecule has 0 spiro atoms. The quantitative estimate of drug-likeness (QED) is 0.512. The van der Waals surface area contributed by atoms with Gasteiger partial charge in [0.05, 0.1) is 18.0 Å². The Morgan fingerprint density at radius 2 is 1.81 bits per heavy atom. The number of benzene rings is 2. The maximum atomic E-state index is 12.0. The fourth-order valence-electron chi connectivity index (χ4n) is 2.46. The number of hydroxylamine groups is 1. The van der Waals surface area contributed by atoms with Gasteiger partial charge in [-0.1, -0.05) is 60.3 Å². The minimum absolute atomic E-state index is 0.193. The van der Waals surface area contributed by atoms with E-state index in [4.69, 9.17) is 4.84 Å². The lowest BCUT2D eigenvalue weighted by Crippen LogP contribution is -2.25. The second-order valence-corrected chi connectivity index (χ2v) is 6.68. The minimum Gasteiger partial charge on any atom is -0.274 e. The Bertz CT molecular complexity index is 880. The van der Waals surface area contributed by atoms with E-state index in [1.54, 1.807) is 0 Å². The highest BCUT2D eigenvalue weighted by Gasteiger charge is 2.14. The van der Waals surface area contributed by atoms with Crippen LogP contribution >= 0.6 is 11.8 Å². The topological polar surface area (TPSA) is 69.0 Å². The van der Waals surface area contributed by atoms with E-state index in [1.165, 1.54) is 11.8 Å². The van der Waals surface area contributed by atoms with Gasteiger partial charge in [0.1, 0.15) is 5.82 Å². The Kier molecular flexibility index (Phi) is 6.04. The molecular formula is C19H20N4O2S. The van der Waals surface area contributed by atoms with Crippen molar-refractivity contribution in [3.8, 4) is 5.69 Å². The summed E-state index contributed by atoms with van der Waals surface area (Å²) in [5.74, 6) is 0.754. The van der Waals surface area contributed by atoms with Gasteiger partial charge in [0, 0.05) is 0 Å². The van der Waals surface area contributed by atoms with Crippen LogP contribution in [0.2, 0.25) is 0 Å². The summed E-state index contributed by atoms with van der Waals surface area (Å²) in [6.07, 6.45) is 0. The molecule has 0 radical (unpaired) electrons. The predicted molar refractivity (Wildman–Crippen MR) is 101 cm³/mol. The third-order valence-corrected chi connectivity index (χ3v) is 4.68. The number of carbonyl (C=O) groups is 1. The number of rotatable bonds is 7. The van der Waals surface area contributed by atoms with E-state index < -0.39 is 0 Å². The van der Waals surface area contributed by atoms with Crippen molar-refractivity contribution in [2.24, 2.45) is 0 Å². The summed E-state index contributed by atoms with van der Waals surface area (Å²) in [6, 6.07) is 17.7. The van der Waals surface area contributed by atoms with Gasteiger partial charge in [0.2, 0.25) is 0 Å². The first-order valence-corrected chi connectivity index (χ1v) is 9.19. The van der Waals surface area contributed by atoms with Gasteiger partial charge in [-0.3, -0.25) is 14.2 Å². The van der Waals surface area contributed by atoms with E-state index >= 15 is 0 Å². The number of aromatic nitrogens is 3. The predicted octanol–water partition coefficient (Wildman–Crippen LogP) is 3.22. The van der Waals surface area contributed by atoms with Crippen LogP contribution in [0.1, 0.15) is 17.0 Å². The number of carbonyl (C=O) groups excluding carboxylic acids is 1. The van der Waals surface area contributed by atoms with Crippen molar-refractivity contribution in [2.45, 2.75) is 25.6 Å². The Morgan fingerprint density at radius 3 is 2.58 bits per heavy atom. The lowest BCUT2D eigenvalue weighted by Gasteiger charge is -2.11. The molecule has 1 N–H and O–H groups in total. The van der Waals surface area contributed by atoms with E-state index in [0.29, 0.717) is 11.8 Å². The molecule has 3 aromatic rings. The second-order valence-electron chi connectivity index (χ2n) is 5.74. The number of hydrogen-bond acceptors (Lipinski definition) is 5. The number of nitrogens with one attached hydrogen (secondary N) is 1. The summed E-state index contributed by atoms with van der Waals surface area (Å²) >= 11 is 1.32. The van der Waals surface area contributed by atoms with Crippen LogP contribution in [0, 0.1) is 13.8 Å². The zero-order valence-corrected chi connectivity index (χ0v) is 15.5. The SMILES string of the molecule is Cc1ccccc1-n1c(C)nnc1SCC(=O)NOCc1ccccc1. The summed E-state index contributed by atoms with van der Waals surface area (Å²) in [5.41, 5.74) is 5.59. The van der Waals surface area contributed by atoms with Crippen LogP contribution in [0.5, 0.6) is 0 Å². The van der Waals surface area contributed by atoms with Crippen LogP contribution in [0.25, 0.3) is 5.69 Å². The molecule has 0 fully saturated rings. The van der Waals surface area contributed by atoms with Gasteiger partial charge in [-0.25, -0.2) is 5.48 Å². The number of amides is 1. The van der Waals surface area contributed by atoms with Crippen LogP contribution in [0.3, 0.4) is 0 Å². The zero-order valence-electron chi connectivity index (χ0n) is 14.7. The highest BCUT2D eigenvalue weighted by Crippen LogP contribution is 2.23. The second kappa shape index (κ2) is 8.64. The van der Waals surface area contributed by atoms with Gasteiger partial charge in [-0.2, -0.15) is 0 Å². The first kappa shape index (κ1) is 18.2. The summed E-state index contributed by atoms with van der Waals surface area (Å²) in [4.78, 5) is 17.3. The number of para-hydroxylation sites is 1. The van der Waals surface area contributed by atoms with E-state index in [2.05, 4.69) is 15.7 Å². The summed E-state index contributed by atoms with van der Waals surface area (Å²) in [7, 11) is 0. The molecule has 7 heteroatoms. The molecule has 1 heterocycles. The van der Waals surface area contributed by atoms with Crippen molar-refractivity contribution in [1.29, 1.82) is 0 Å². The van der Waals surface area contributed by atoms with E-state index in [1.807, 2.05) is 73.0 Å². The van der Waals surface area contributed by atoms with Crippen molar-refractivity contribution >= 4 is 17.7 Å². The highest BCUT2D eigenvalue weighted by molar-refractivity contribution is 7.99. The van der Waals surface area contributed by atoms with E-state index in [9.17, 15) is 4.79 Å². The first-order chi connectivity index (χ1) is 12.6. The van der Waals surface area contributed by atoms with Gasteiger partial charge in [0.25, 0.3) is 5.91 Å². The summed E-state index contributed by atoms with van der Waals surface area (Å²) in [5, 5.41) is 9.01. The molecule has 0 unspecified atom stereocenters. The lowest BCUT2D eigenvalue weighted by atomic mass is 10.2. The molecule has 0 aliphatic rings. The fraction of sp³-hybridized carbons (Fsp3) is 0.211. The third-order valence-electron chi connectivity index (χ3n) is 3.75. The van der Waals surface area contributed by atoms with E-state index in [-0.39, 0.29) is 11.7 Å². The van der Waals surface area contributed by atoms with Crippen LogP contribution in [0.4, 0.5) is 0 Å². The van der Waals surface area contributed by atoms with Crippen molar-refractivity contribution in [2.75, 3.05) is 5.75 Å². The van der Waals surface area contributed by atoms with Gasteiger partial charge in [-0.15, -0.1) is 10.2 Å². The smallest absolute Gasteiger partial charge is 0.254 e. The molecule has 0 aliphatic heterocycles. The molecule has 0 atom stereocenters. The maximum absolute atomic E-state index is 12.0. The average molecular weight is 368 g/mol. The number of aryl methyl sites for hydroxylation is 2. The Balaban J connectivity index is 1.57. The Hall–Kier alpha value is -2.64. The number of nitrogens with zero attached hydrogens (tertiary/aromatic N) is 3. The zero-order chi connectivity index (χ0) is 18.4. The monoisotopic (exact) mass is 368 g/mol. The van der Waals surface area contributed by atoms with Crippen LogP contribution in [0.15, 0.2) is 59.8 Å². The largest absolute Gasteiger partial charge is 0.274 e. The van der Waals surface area contributed by atoms with Crippen LogP contribution < -0.4 is 5.48 Å². The lowest BCUT2D eigenvalue weighted by molar-refractivity contribution is -0.131. The van der Waals surface area contributed by atoms with Crippen molar-refractivity contribution in [1.82, 2.24) is 20.2 Å². The van der Waals surface area contributed by atoms with Crippen molar-refractivity contribution < 1.29 is 9.63 Å². The average Bonchev–Trinajstić information content (AvgIpc) is 3.02. The highest BCUT2D eigenvalue weighted by atomic mass is 32.2. The van der Waals surface area contributed by atoms with Gasteiger partial charge in [-0.05, 0) is 31.0 Å². The van der Waals surface area contributed by atoms with Gasteiger partial charge < -0.3 is 0 Å². The summed E-state index contributed by atoms with van der Waals surface area (Å²) in [6.45, 7) is 4.26. The van der Waals surface area contributed by atoms with Crippen LogP contribution in [-0.4, -0.2) is 26.4 Å². The van der Waals surface area contributed by atoms with Gasteiger partial charge >= 0.3 is 0 Å². The number of thioether (sulfide) groups is 1. The van der Waals surface area contributed by atoms with Gasteiger partial charge in [0.15, 0.2) is 5.16 Å². The molecule has 3 rings (SSSR count). The fourth-order valence-corrected chi connectivity index (χ4v) is 3.24. The molecular weight excluding hydrogens is 348 g/mol. The van der Waals surface area contributed by atoms with Crippen molar-refractivity contribution in [3.05, 3.63) is 71.5 Å². The minimum atomic E-state index is -0.220. The van der Waals surface area contributed by atoms with Crippen LogP contribution in [-0.2, 0) is 16.2 Å². The molecule has 0 bridgehead atoms. The molecule has 0 saturated heterocycles. The first-order valence-electron chi connectivity index (χ1n) is 8.20. The summed E-state index contributed by atoms with van der Waals surface area (Å²) < 4.78 is 1.96. The Morgan fingerprint density at radius 1 is 1.08 bits per heavy atom. The van der Waals surface area contributed by atoms with Crippen molar-refractivity contribution in [3.63, 3.8) is 0 Å². The third kappa shape index (κ3) is 4.50. The number of hydrogen-bond donors (Lipinski definition) is 1. The molecule has 26 heavy (non-hydrogen) atoms. The van der Waals surface area contributed by atoms with E-state index in [0.717, 1.165) is 22.6 Å². The molecule has 6 nitrogen and oxygen atoms in total. The Labute approximate surface area is 156 Å².